The Morgan fingerprint density at radius 2 is 2.35 bits per heavy atom. The van der Waals surface area contributed by atoms with E-state index in [1.165, 1.54) is 11.1 Å². The Balaban J connectivity index is 2.48. The monoisotopic (exact) mass is 268 g/mol. The lowest BCUT2D eigenvalue weighted by Gasteiger charge is -1.99. The maximum atomic E-state index is 11.4. The predicted octanol–water partition coefficient (Wildman–Crippen LogP) is 1.43. The summed E-state index contributed by atoms with van der Waals surface area (Å²) in [6.07, 6.45) is 0. The van der Waals surface area contributed by atoms with Crippen molar-refractivity contribution in [3.8, 4) is 5.69 Å². The molecule has 1 aromatic heterocycles. The summed E-state index contributed by atoms with van der Waals surface area (Å²) in [7, 11) is 1.50. The summed E-state index contributed by atoms with van der Waals surface area (Å²) in [5.41, 5.74) is 0.837. The van der Waals surface area contributed by atoms with E-state index in [0.29, 0.717) is 5.02 Å². The Hall–Kier alpha value is -1.66. The third-order valence-electron chi connectivity index (χ3n) is 2.05. The van der Waals surface area contributed by atoms with Crippen molar-refractivity contribution in [2.75, 3.05) is 7.05 Å². The number of halogens is 1. The zero-order valence-corrected chi connectivity index (χ0v) is 10.5. The van der Waals surface area contributed by atoms with E-state index in [1.807, 2.05) is 6.07 Å². The van der Waals surface area contributed by atoms with Crippen LogP contribution in [-0.2, 0) is 0 Å². The molecule has 0 spiro atoms. The molecule has 0 unspecified atom stereocenters. The second-order valence-electron chi connectivity index (χ2n) is 3.20. The van der Waals surface area contributed by atoms with Gasteiger partial charge in [-0.15, -0.1) is 5.10 Å². The zero-order chi connectivity index (χ0) is 12.4. The molecule has 0 aliphatic heterocycles. The minimum Gasteiger partial charge on any atom is -0.354 e. The Morgan fingerprint density at radius 1 is 1.59 bits per heavy atom. The number of rotatable bonds is 2. The second kappa shape index (κ2) is 4.68. The maximum absolute atomic E-state index is 11.4. The minimum atomic E-state index is -0.368. The standard InChI is InChI=1S/C10H9ClN4OS/c1-13-10(16)8-9(12)17-15(14-8)7-4-2-3-6(11)5-7/h2-5,12H,1H3,(H,13,16). The number of nitrogens with one attached hydrogen (secondary N) is 2. The normalized spacial score (nSPS) is 10.2. The molecule has 2 N–H and O–H groups in total. The van der Waals surface area contributed by atoms with Crippen molar-refractivity contribution >= 4 is 29.0 Å². The van der Waals surface area contributed by atoms with Crippen LogP contribution in [0.25, 0.3) is 5.69 Å². The van der Waals surface area contributed by atoms with Crippen molar-refractivity contribution in [2.24, 2.45) is 0 Å². The molecule has 5 nitrogen and oxygen atoms in total. The lowest BCUT2D eigenvalue weighted by Crippen LogP contribution is -2.23. The Kier molecular flexibility index (Phi) is 3.26. The molecule has 0 bridgehead atoms. The molecule has 0 fully saturated rings. The van der Waals surface area contributed by atoms with E-state index in [0.717, 1.165) is 17.2 Å². The van der Waals surface area contributed by atoms with Crippen LogP contribution in [0.2, 0.25) is 5.02 Å². The molecular formula is C10H9ClN4OS. The number of hydrogen-bond donors (Lipinski definition) is 2. The molecule has 2 rings (SSSR count). The number of amides is 1. The number of hydrogen-bond acceptors (Lipinski definition) is 4. The van der Waals surface area contributed by atoms with Crippen molar-refractivity contribution in [1.82, 2.24) is 14.5 Å². The van der Waals surface area contributed by atoms with E-state index >= 15 is 0 Å². The van der Waals surface area contributed by atoms with Crippen LogP contribution in [0, 0.1) is 5.41 Å². The first-order chi connectivity index (χ1) is 8.11. The van der Waals surface area contributed by atoms with Crippen molar-refractivity contribution < 1.29 is 4.79 Å². The molecule has 1 heterocycles. The summed E-state index contributed by atoms with van der Waals surface area (Å²) in [6, 6.07) is 7.07. The molecule has 2 aromatic rings. The topological polar surface area (TPSA) is 70.8 Å². The second-order valence-corrected chi connectivity index (χ2v) is 4.57. The highest BCUT2D eigenvalue weighted by atomic mass is 35.5. The minimum absolute atomic E-state index is 0.109. The molecule has 88 valence electrons. The molecule has 0 saturated carbocycles. The van der Waals surface area contributed by atoms with Gasteiger partial charge in [0.2, 0.25) is 0 Å². The lowest BCUT2D eigenvalue weighted by atomic mass is 10.3. The Morgan fingerprint density at radius 3 is 3.00 bits per heavy atom. The quantitative estimate of drug-likeness (QED) is 0.865. The smallest absolute Gasteiger partial charge is 0.274 e. The third kappa shape index (κ3) is 2.37. The van der Waals surface area contributed by atoms with Crippen molar-refractivity contribution in [3.05, 3.63) is 39.7 Å². The first kappa shape index (κ1) is 11.8. The molecule has 0 atom stereocenters. The van der Waals surface area contributed by atoms with Crippen molar-refractivity contribution in [3.63, 3.8) is 0 Å². The average Bonchev–Trinajstić information content (AvgIpc) is 2.70. The molecule has 0 saturated heterocycles. The van der Waals surface area contributed by atoms with Crippen LogP contribution in [0.5, 0.6) is 0 Å². The van der Waals surface area contributed by atoms with Gasteiger partial charge in [-0.05, 0) is 29.7 Å². The molecular weight excluding hydrogens is 260 g/mol. The predicted molar refractivity (Wildman–Crippen MR) is 65.7 cm³/mol. The number of aromatic nitrogens is 2. The van der Waals surface area contributed by atoms with Gasteiger partial charge >= 0.3 is 0 Å². The van der Waals surface area contributed by atoms with Gasteiger partial charge < -0.3 is 5.32 Å². The van der Waals surface area contributed by atoms with E-state index < -0.39 is 0 Å². The first-order valence-electron chi connectivity index (χ1n) is 4.75. The zero-order valence-electron chi connectivity index (χ0n) is 8.90. The fraction of sp³-hybridized carbons (Fsp3) is 0.100. The summed E-state index contributed by atoms with van der Waals surface area (Å²) in [4.78, 5) is 11.4. The van der Waals surface area contributed by atoms with Crippen LogP contribution >= 0.6 is 23.1 Å². The van der Waals surface area contributed by atoms with Crippen LogP contribution in [-0.4, -0.2) is 22.1 Å². The lowest BCUT2D eigenvalue weighted by molar-refractivity contribution is 0.0956. The van der Waals surface area contributed by atoms with Gasteiger partial charge in [-0.2, -0.15) is 4.07 Å². The van der Waals surface area contributed by atoms with Gasteiger partial charge in [0.1, 0.15) is 0 Å². The van der Waals surface area contributed by atoms with Crippen molar-refractivity contribution in [1.29, 1.82) is 5.41 Å². The van der Waals surface area contributed by atoms with E-state index in [2.05, 4.69) is 10.4 Å². The summed E-state index contributed by atoms with van der Waals surface area (Å²) in [6.45, 7) is 0. The van der Waals surface area contributed by atoms with Gasteiger partial charge in [0.15, 0.2) is 10.4 Å². The fourth-order valence-electron chi connectivity index (χ4n) is 1.26. The Bertz CT molecular complexity index is 619. The summed E-state index contributed by atoms with van der Waals surface area (Å²) in [5.74, 6) is -0.368. The average molecular weight is 269 g/mol. The summed E-state index contributed by atoms with van der Waals surface area (Å²) in [5, 5.41) is 14.8. The van der Waals surface area contributed by atoms with E-state index in [4.69, 9.17) is 17.0 Å². The summed E-state index contributed by atoms with van der Waals surface area (Å²) < 4.78 is 1.61. The highest BCUT2D eigenvalue weighted by Gasteiger charge is 2.12. The molecule has 1 amide bonds. The van der Waals surface area contributed by atoms with Gasteiger partial charge in [-0.25, -0.2) is 0 Å². The molecule has 1 aromatic carbocycles. The number of benzene rings is 1. The molecule has 7 heteroatoms. The van der Waals surface area contributed by atoms with Gasteiger partial charge in [-0.1, -0.05) is 17.7 Å². The molecule has 17 heavy (non-hydrogen) atoms. The molecule has 0 aliphatic carbocycles. The summed E-state index contributed by atoms with van der Waals surface area (Å²) >= 11 is 6.94. The largest absolute Gasteiger partial charge is 0.354 e. The molecule has 0 radical (unpaired) electrons. The van der Waals surface area contributed by atoms with Crippen molar-refractivity contribution in [2.45, 2.75) is 0 Å². The fourth-order valence-corrected chi connectivity index (χ4v) is 2.18. The van der Waals surface area contributed by atoms with Gasteiger partial charge in [0, 0.05) is 12.1 Å². The van der Waals surface area contributed by atoms with Crippen LogP contribution in [0.1, 0.15) is 10.5 Å². The van der Waals surface area contributed by atoms with Gasteiger partial charge in [0.25, 0.3) is 5.91 Å². The highest BCUT2D eigenvalue weighted by Crippen LogP contribution is 2.14. The van der Waals surface area contributed by atoms with Crippen LogP contribution in [0.3, 0.4) is 0 Å². The van der Waals surface area contributed by atoms with E-state index in [1.54, 1.807) is 18.2 Å². The van der Waals surface area contributed by atoms with Crippen LogP contribution in [0.15, 0.2) is 24.3 Å². The van der Waals surface area contributed by atoms with Crippen LogP contribution in [0.4, 0.5) is 0 Å². The molecule has 0 aliphatic rings. The SMILES string of the molecule is CNC(=O)c1nn(-c2cccc(Cl)c2)sc1=N. The van der Waals surface area contributed by atoms with E-state index in [-0.39, 0.29) is 16.3 Å². The first-order valence-corrected chi connectivity index (χ1v) is 5.90. The highest BCUT2D eigenvalue weighted by molar-refractivity contribution is 7.04. The third-order valence-corrected chi connectivity index (χ3v) is 3.13. The maximum Gasteiger partial charge on any atom is 0.274 e. The number of carbonyl (C=O) groups excluding carboxylic acids is 1. The van der Waals surface area contributed by atoms with Gasteiger partial charge in [0.05, 0.1) is 5.69 Å². The van der Waals surface area contributed by atoms with Gasteiger partial charge in [-0.3, -0.25) is 10.2 Å². The number of carbonyl (C=O) groups is 1. The van der Waals surface area contributed by atoms with Crippen LogP contribution < -0.4 is 9.99 Å². The Labute approximate surface area is 106 Å². The van der Waals surface area contributed by atoms with E-state index in [9.17, 15) is 4.79 Å². The number of nitrogens with zero attached hydrogens (tertiary/aromatic N) is 2.